The highest BCUT2D eigenvalue weighted by Gasteiger charge is 2.31. The van der Waals surface area contributed by atoms with E-state index in [0.717, 1.165) is 46.3 Å². The first kappa shape index (κ1) is 27.1. The Bertz CT molecular complexity index is 1180. The molecule has 0 spiro atoms. The molecule has 0 unspecified atom stereocenters. The van der Waals surface area contributed by atoms with Gasteiger partial charge in [-0.15, -0.1) is 0 Å². The minimum Gasteiger partial charge on any atom is -0.352 e. The summed E-state index contributed by atoms with van der Waals surface area (Å²) in [6, 6.07) is 10.1. The molecular formula is C25H31BrFN3O4S. The lowest BCUT2D eigenvalue weighted by molar-refractivity contribution is -0.139. The highest BCUT2D eigenvalue weighted by molar-refractivity contribution is 9.10. The van der Waals surface area contributed by atoms with E-state index >= 15 is 0 Å². The maximum atomic E-state index is 14.5. The lowest BCUT2D eigenvalue weighted by atomic mass is 10.1. The number of nitrogens with one attached hydrogen (secondary N) is 1. The zero-order chi connectivity index (χ0) is 25.8. The Morgan fingerprint density at radius 1 is 1.17 bits per heavy atom. The molecule has 0 saturated heterocycles. The number of hydrogen-bond donors (Lipinski definition) is 1. The third kappa shape index (κ3) is 7.04. The van der Waals surface area contributed by atoms with Crippen molar-refractivity contribution in [2.24, 2.45) is 0 Å². The summed E-state index contributed by atoms with van der Waals surface area (Å²) in [7, 11) is -3.83. The topological polar surface area (TPSA) is 86.8 Å². The van der Waals surface area contributed by atoms with Crippen LogP contribution < -0.4 is 9.62 Å². The molecule has 1 aliphatic carbocycles. The van der Waals surface area contributed by atoms with Crippen LogP contribution in [0.3, 0.4) is 0 Å². The summed E-state index contributed by atoms with van der Waals surface area (Å²) >= 11 is 3.39. The fraction of sp³-hybridized carbons (Fsp3) is 0.440. The summed E-state index contributed by atoms with van der Waals surface area (Å²) < 4.78 is 41.5. The molecule has 35 heavy (non-hydrogen) atoms. The number of carbonyl (C=O) groups is 2. The maximum Gasteiger partial charge on any atom is 0.244 e. The van der Waals surface area contributed by atoms with Crippen molar-refractivity contribution in [3.63, 3.8) is 0 Å². The molecule has 2 aromatic rings. The third-order valence-electron chi connectivity index (χ3n) is 6.28. The van der Waals surface area contributed by atoms with E-state index in [0.29, 0.717) is 5.69 Å². The fourth-order valence-electron chi connectivity index (χ4n) is 4.18. The van der Waals surface area contributed by atoms with Gasteiger partial charge in [0.25, 0.3) is 0 Å². The quantitative estimate of drug-likeness (QED) is 0.493. The van der Waals surface area contributed by atoms with Crippen LogP contribution in [0.15, 0.2) is 46.9 Å². The van der Waals surface area contributed by atoms with Gasteiger partial charge >= 0.3 is 0 Å². The minimum atomic E-state index is -3.83. The molecule has 2 amide bonds. The number of aryl methyl sites for hydroxylation is 1. The second-order valence-electron chi connectivity index (χ2n) is 8.98. The third-order valence-corrected chi connectivity index (χ3v) is 8.31. The van der Waals surface area contributed by atoms with E-state index in [9.17, 15) is 22.4 Å². The first-order chi connectivity index (χ1) is 16.5. The van der Waals surface area contributed by atoms with Crippen molar-refractivity contribution in [2.75, 3.05) is 17.1 Å². The molecule has 1 saturated carbocycles. The van der Waals surface area contributed by atoms with Crippen molar-refractivity contribution in [3.8, 4) is 0 Å². The molecule has 1 aliphatic rings. The van der Waals surface area contributed by atoms with Crippen molar-refractivity contribution in [1.82, 2.24) is 10.2 Å². The molecule has 7 nitrogen and oxygen atoms in total. The summed E-state index contributed by atoms with van der Waals surface area (Å²) in [5, 5.41) is 2.98. The van der Waals surface area contributed by atoms with Crippen LogP contribution in [-0.2, 0) is 26.2 Å². The molecule has 0 aliphatic heterocycles. The molecular weight excluding hydrogens is 537 g/mol. The van der Waals surface area contributed by atoms with Gasteiger partial charge in [-0.1, -0.05) is 47.0 Å². The maximum absolute atomic E-state index is 14.5. The molecule has 0 aromatic heterocycles. The molecule has 1 N–H and O–H groups in total. The van der Waals surface area contributed by atoms with Crippen molar-refractivity contribution in [1.29, 1.82) is 0 Å². The van der Waals surface area contributed by atoms with Crippen LogP contribution in [0.25, 0.3) is 0 Å². The highest BCUT2D eigenvalue weighted by atomic mass is 79.9. The summed E-state index contributed by atoms with van der Waals surface area (Å²) in [6.07, 6.45) is 4.85. The Kier molecular flexibility index (Phi) is 8.93. The van der Waals surface area contributed by atoms with Gasteiger partial charge in [0, 0.05) is 22.6 Å². The molecule has 190 valence electrons. The standard InChI is InChI=1S/C25H31BrFN3O4S/c1-17-14-21(12-13-22(17)26)30(35(3,33)34)16-24(31)29(15-19-8-4-7-11-23(19)27)18(2)25(32)28-20-9-5-6-10-20/h4,7-8,11-14,18,20H,5-6,9-10,15-16H2,1-3H3,(H,28,32)/t18-/m0/s1. The molecule has 0 radical (unpaired) electrons. The molecule has 3 rings (SSSR count). The first-order valence-corrected chi connectivity index (χ1v) is 14.2. The molecule has 10 heteroatoms. The largest absolute Gasteiger partial charge is 0.352 e. The second-order valence-corrected chi connectivity index (χ2v) is 11.7. The molecule has 2 aromatic carbocycles. The minimum absolute atomic E-state index is 0.0497. The second kappa shape index (κ2) is 11.5. The van der Waals surface area contributed by atoms with E-state index in [2.05, 4.69) is 21.2 Å². The van der Waals surface area contributed by atoms with Crippen LogP contribution in [0.2, 0.25) is 0 Å². The van der Waals surface area contributed by atoms with Gasteiger partial charge in [0.2, 0.25) is 21.8 Å². The Morgan fingerprint density at radius 3 is 2.43 bits per heavy atom. The summed E-state index contributed by atoms with van der Waals surface area (Å²) in [4.78, 5) is 27.8. The lowest BCUT2D eigenvalue weighted by Gasteiger charge is -2.32. The molecule has 0 bridgehead atoms. The predicted octanol–water partition coefficient (Wildman–Crippen LogP) is 4.14. The van der Waals surface area contributed by atoms with E-state index in [1.54, 1.807) is 43.3 Å². The van der Waals surface area contributed by atoms with Gasteiger partial charge in [0.15, 0.2) is 0 Å². The zero-order valence-electron chi connectivity index (χ0n) is 20.1. The van der Waals surface area contributed by atoms with Crippen LogP contribution in [0.5, 0.6) is 0 Å². The van der Waals surface area contributed by atoms with Crippen molar-refractivity contribution in [3.05, 3.63) is 63.9 Å². The molecule has 1 fully saturated rings. The van der Waals surface area contributed by atoms with Gasteiger partial charge in [-0.25, -0.2) is 12.8 Å². The number of carbonyl (C=O) groups excluding carboxylic acids is 2. The van der Waals surface area contributed by atoms with Crippen LogP contribution in [0, 0.1) is 12.7 Å². The van der Waals surface area contributed by atoms with Gasteiger partial charge in [0.1, 0.15) is 18.4 Å². The smallest absolute Gasteiger partial charge is 0.244 e. The monoisotopic (exact) mass is 567 g/mol. The number of anilines is 1. The number of benzene rings is 2. The highest BCUT2D eigenvalue weighted by Crippen LogP contribution is 2.25. The number of amides is 2. The summed E-state index contributed by atoms with van der Waals surface area (Å²) in [5.41, 5.74) is 1.37. The fourth-order valence-corrected chi connectivity index (χ4v) is 5.27. The number of nitrogens with zero attached hydrogens (tertiary/aromatic N) is 2. The van der Waals surface area contributed by atoms with Crippen molar-refractivity contribution >= 4 is 43.5 Å². The van der Waals surface area contributed by atoms with Crippen LogP contribution in [0.1, 0.15) is 43.7 Å². The van der Waals surface area contributed by atoms with E-state index in [1.165, 1.54) is 11.0 Å². The molecule has 0 heterocycles. The Balaban J connectivity index is 1.90. The summed E-state index contributed by atoms with van der Waals surface area (Å²) in [6.45, 7) is 2.71. The van der Waals surface area contributed by atoms with Crippen LogP contribution in [0.4, 0.5) is 10.1 Å². The Labute approximate surface area is 214 Å². The van der Waals surface area contributed by atoms with Crippen LogP contribution in [-0.4, -0.2) is 50.0 Å². The van der Waals surface area contributed by atoms with E-state index < -0.39 is 34.3 Å². The number of hydrogen-bond acceptors (Lipinski definition) is 4. The predicted molar refractivity (Wildman–Crippen MR) is 138 cm³/mol. The van der Waals surface area contributed by atoms with Gasteiger partial charge in [-0.3, -0.25) is 13.9 Å². The van der Waals surface area contributed by atoms with Crippen molar-refractivity contribution < 1.29 is 22.4 Å². The normalized spacial score (nSPS) is 15.0. The van der Waals surface area contributed by atoms with Gasteiger partial charge in [-0.2, -0.15) is 0 Å². The van der Waals surface area contributed by atoms with Gasteiger partial charge in [0.05, 0.1) is 11.9 Å². The Morgan fingerprint density at radius 2 is 1.83 bits per heavy atom. The molecule has 1 atom stereocenters. The average Bonchev–Trinajstić information content (AvgIpc) is 3.30. The van der Waals surface area contributed by atoms with E-state index in [1.807, 2.05) is 6.92 Å². The van der Waals surface area contributed by atoms with Gasteiger partial charge < -0.3 is 10.2 Å². The van der Waals surface area contributed by atoms with Crippen LogP contribution >= 0.6 is 15.9 Å². The lowest BCUT2D eigenvalue weighted by Crippen LogP contribution is -2.52. The Hall–Kier alpha value is -2.46. The van der Waals surface area contributed by atoms with Crippen molar-refractivity contribution in [2.45, 2.75) is 58.2 Å². The number of sulfonamides is 1. The summed E-state index contributed by atoms with van der Waals surface area (Å²) in [5.74, 6) is -1.45. The first-order valence-electron chi connectivity index (χ1n) is 11.5. The number of halogens is 2. The zero-order valence-corrected chi connectivity index (χ0v) is 22.5. The van der Waals surface area contributed by atoms with Gasteiger partial charge in [-0.05, 0) is 56.5 Å². The average molecular weight is 569 g/mol. The van der Waals surface area contributed by atoms with E-state index in [-0.39, 0.29) is 24.1 Å². The van der Waals surface area contributed by atoms with E-state index in [4.69, 9.17) is 0 Å². The SMILES string of the molecule is Cc1cc(N(CC(=O)N(Cc2ccccc2F)[C@@H](C)C(=O)NC2CCCC2)S(C)(=O)=O)ccc1Br. The number of rotatable bonds is 9.